The molecule has 2 aromatic carbocycles. The van der Waals surface area contributed by atoms with E-state index in [4.69, 9.17) is 14.5 Å². The van der Waals surface area contributed by atoms with Crippen molar-refractivity contribution in [3.63, 3.8) is 0 Å². The van der Waals surface area contributed by atoms with E-state index in [1.165, 1.54) is 6.08 Å². The first-order valence-corrected chi connectivity index (χ1v) is 15.2. The Hall–Kier alpha value is -4.70. The number of fused-ring (bicyclic) bond motifs is 1. The molecule has 2 aliphatic rings. The summed E-state index contributed by atoms with van der Waals surface area (Å²) in [5, 5.41) is 9.70. The number of benzene rings is 2. The minimum Gasteiger partial charge on any atom is -0.497 e. The highest BCUT2D eigenvalue weighted by molar-refractivity contribution is 5.93. The third kappa shape index (κ3) is 7.01. The van der Waals surface area contributed by atoms with Gasteiger partial charge in [-0.25, -0.2) is 4.98 Å². The molecule has 1 saturated carbocycles. The summed E-state index contributed by atoms with van der Waals surface area (Å²) in [6, 6.07) is 15.8. The normalized spacial score (nSPS) is 23.0. The Bertz CT molecular complexity index is 1610. The van der Waals surface area contributed by atoms with Crippen LogP contribution in [0.15, 0.2) is 79.4 Å². The monoisotopic (exact) mass is 611 g/mol. The van der Waals surface area contributed by atoms with E-state index in [0.29, 0.717) is 23.4 Å². The SMILES string of the molecule is C=C[C@@H]1C[C@@]1(C)NC(=O)[C@@H]1C[C@@H](Oc2cc(-c3ccccc3)nc3cc(OC)ccc23)CN1C(=O)[C@H](CNC(=O)/C=C/C)NC. The summed E-state index contributed by atoms with van der Waals surface area (Å²) in [6.07, 6.45) is 5.51. The molecule has 3 amide bonds. The van der Waals surface area contributed by atoms with Crippen molar-refractivity contribution >= 4 is 28.6 Å². The fourth-order valence-corrected chi connectivity index (χ4v) is 5.89. The van der Waals surface area contributed by atoms with Gasteiger partial charge in [0.2, 0.25) is 17.7 Å². The number of aromatic nitrogens is 1. The molecule has 0 radical (unpaired) electrons. The van der Waals surface area contributed by atoms with E-state index in [0.717, 1.165) is 23.1 Å². The molecule has 5 rings (SSSR count). The molecule has 3 aromatic rings. The van der Waals surface area contributed by atoms with Crippen LogP contribution < -0.4 is 25.4 Å². The highest BCUT2D eigenvalue weighted by atomic mass is 16.5. The topological polar surface area (TPSA) is 122 Å². The highest BCUT2D eigenvalue weighted by Gasteiger charge is 2.52. The minimum atomic E-state index is -0.755. The van der Waals surface area contributed by atoms with Crippen LogP contribution in [0.25, 0.3) is 22.2 Å². The van der Waals surface area contributed by atoms with E-state index in [1.54, 1.807) is 32.1 Å². The van der Waals surface area contributed by atoms with E-state index >= 15 is 0 Å². The Morgan fingerprint density at radius 2 is 1.96 bits per heavy atom. The van der Waals surface area contributed by atoms with Gasteiger partial charge in [-0.05, 0) is 45.5 Å². The molecule has 0 spiro atoms. The number of hydrogen-bond donors (Lipinski definition) is 3. The summed E-state index contributed by atoms with van der Waals surface area (Å²) in [5.41, 5.74) is 1.98. The second kappa shape index (κ2) is 13.5. The van der Waals surface area contributed by atoms with Crippen LogP contribution in [0, 0.1) is 5.92 Å². The summed E-state index contributed by atoms with van der Waals surface area (Å²) in [7, 11) is 3.27. The number of nitrogens with zero attached hydrogens (tertiary/aromatic N) is 2. The lowest BCUT2D eigenvalue weighted by Gasteiger charge is -2.29. The van der Waals surface area contributed by atoms with Gasteiger partial charge in [-0.2, -0.15) is 0 Å². The molecule has 236 valence electrons. The van der Waals surface area contributed by atoms with Crippen LogP contribution in [0.3, 0.4) is 0 Å². The number of carbonyl (C=O) groups is 3. The number of rotatable bonds is 12. The summed E-state index contributed by atoms with van der Waals surface area (Å²) in [4.78, 5) is 46.2. The van der Waals surface area contributed by atoms with Gasteiger partial charge in [-0.15, -0.1) is 6.58 Å². The van der Waals surface area contributed by atoms with Crippen LogP contribution in [0.1, 0.15) is 26.7 Å². The summed E-state index contributed by atoms with van der Waals surface area (Å²) in [5.74, 6) is 0.636. The van der Waals surface area contributed by atoms with Crippen molar-refractivity contribution in [1.82, 2.24) is 25.8 Å². The number of likely N-dealkylation sites (tertiary alicyclic amines) is 1. The van der Waals surface area contributed by atoms with Gasteiger partial charge in [0.1, 0.15) is 29.7 Å². The van der Waals surface area contributed by atoms with Gasteiger partial charge in [0.05, 0.1) is 24.9 Å². The first-order chi connectivity index (χ1) is 21.7. The number of carbonyl (C=O) groups excluding carboxylic acids is 3. The van der Waals surface area contributed by atoms with Crippen LogP contribution in [0.5, 0.6) is 11.5 Å². The van der Waals surface area contributed by atoms with Crippen LogP contribution in [0.2, 0.25) is 0 Å². The van der Waals surface area contributed by atoms with Crippen molar-refractivity contribution in [1.29, 1.82) is 0 Å². The molecule has 3 N–H and O–H groups in total. The van der Waals surface area contributed by atoms with E-state index in [9.17, 15) is 14.4 Å². The largest absolute Gasteiger partial charge is 0.497 e. The maximum atomic E-state index is 13.9. The van der Waals surface area contributed by atoms with Gasteiger partial charge in [0.15, 0.2) is 0 Å². The molecular weight excluding hydrogens is 570 g/mol. The number of amides is 3. The van der Waals surface area contributed by atoms with Crippen LogP contribution in [-0.4, -0.2) is 78.6 Å². The number of likely N-dealkylation sites (N-methyl/N-ethyl adjacent to an activating group) is 1. The Morgan fingerprint density at radius 3 is 2.62 bits per heavy atom. The average Bonchev–Trinajstić information content (AvgIpc) is 3.50. The lowest BCUT2D eigenvalue weighted by Crippen LogP contribution is -2.56. The first-order valence-electron chi connectivity index (χ1n) is 15.2. The second-order valence-electron chi connectivity index (χ2n) is 11.8. The zero-order valence-corrected chi connectivity index (χ0v) is 26.2. The van der Waals surface area contributed by atoms with Gasteiger partial charge < -0.3 is 30.3 Å². The third-order valence-electron chi connectivity index (χ3n) is 8.63. The Morgan fingerprint density at radius 1 is 1.18 bits per heavy atom. The van der Waals surface area contributed by atoms with Crippen molar-refractivity contribution in [2.24, 2.45) is 5.92 Å². The first kappa shape index (κ1) is 31.7. The minimum absolute atomic E-state index is 0.0718. The predicted octanol–water partition coefficient (Wildman–Crippen LogP) is 3.62. The third-order valence-corrected chi connectivity index (χ3v) is 8.63. The molecule has 0 unspecified atom stereocenters. The Kier molecular flexibility index (Phi) is 9.53. The lowest BCUT2D eigenvalue weighted by molar-refractivity contribution is -0.140. The van der Waals surface area contributed by atoms with Gasteiger partial charge >= 0.3 is 0 Å². The molecule has 1 aliphatic carbocycles. The molecule has 45 heavy (non-hydrogen) atoms. The Balaban J connectivity index is 1.44. The molecule has 1 aliphatic heterocycles. The molecule has 2 fully saturated rings. The molecule has 0 bridgehead atoms. The van der Waals surface area contributed by atoms with Gasteiger partial charge in [-0.1, -0.05) is 42.5 Å². The summed E-state index contributed by atoms with van der Waals surface area (Å²) < 4.78 is 12.1. The van der Waals surface area contributed by atoms with Crippen molar-refractivity contribution in [3.05, 3.63) is 79.4 Å². The highest BCUT2D eigenvalue weighted by Crippen LogP contribution is 2.44. The number of hydrogen-bond acceptors (Lipinski definition) is 7. The summed E-state index contributed by atoms with van der Waals surface area (Å²) in [6.45, 7) is 7.88. The summed E-state index contributed by atoms with van der Waals surface area (Å²) >= 11 is 0. The second-order valence-corrected chi connectivity index (χ2v) is 11.8. The van der Waals surface area contributed by atoms with E-state index < -0.39 is 18.2 Å². The zero-order valence-electron chi connectivity index (χ0n) is 26.2. The quantitative estimate of drug-likeness (QED) is 0.211. The predicted molar refractivity (Wildman–Crippen MR) is 174 cm³/mol. The van der Waals surface area contributed by atoms with E-state index in [-0.39, 0.29) is 42.3 Å². The number of allylic oxidation sites excluding steroid dienone is 1. The zero-order chi connectivity index (χ0) is 32.1. The average molecular weight is 612 g/mol. The molecular formula is C35H41N5O5. The molecule has 1 aromatic heterocycles. The maximum absolute atomic E-state index is 13.9. The van der Waals surface area contributed by atoms with Crippen LogP contribution >= 0.6 is 0 Å². The number of pyridine rings is 1. The van der Waals surface area contributed by atoms with Crippen LogP contribution in [-0.2, 0) is 14.4 Å². The van der Waals surface area contributed by atoms with E-state index in [1.807, 2.05) is 67.6 Å². The van der Waals surface area contributed by atoms with Gasteiger partial charge in [0, 0.05) is 47.5 Å². The van der Waals surface area contributed by atoms with Crippen molar-refractivity contribution < 1.29 is 23.9 Å². The number of methoxy groups -OCH3 is 1. The maximum Gasteiger partial charge on any atom is 0.243 e. The number of nitrogens with one attached hydrogen (secondary N) is 3. The standard InChI is InChI=1S/C35H41N5O5/c1-6-11-32(41)37-20-29(36-4)34(43)40-21-25(17-30(40)33(42)39-35(3)19-23(35)7-2)45-31-18-27(22-12-9-8-10-13-22)38-28-16-24(44-5)14-15-26(28)31/h6-16,18,23,25,29-30,36H,2,17,19-21H2,1,3-5H3,(H,37,41)(H,39,42)/b11-6+/t23-,25-,29+,30+,35-/m1/s1. The molecule has 10 heteroatoms. The number of ether oxygens (including phenoxy) is 2. The van der Waals surface area contributed by atoms with E-state index in [2.05, 4.69) is 22.5 Å². The van der Waals surface area contributed by atoms with Crippen molar-refractivity contribution in [3.8, 4) is 22.8 Å². The molecule has 1 saturated heterocycles. The fraction of sp³-hybridized carbons (Fsp3) is 0.371. The molecule has 2 heterocycles. The molecule has 10 nitrogen and oxygen atoms in total. The van der Waals surface area contributed by atoms with Crippen LogP contribution in [0.4, 0.5) is 0 Å². The van der Waals surface area contributed by atoms with Crippen molar-refractivity contribution in [2.45, 2.75) is 50.4 Å². The van der Waals surface area contributed by atoms with Gasteiger partial charge in [-0.3, -0.25) is 14.4 Å². The lowest BCUT2D eigenvalue weighted by atomic mass is 10.1. The molecule has 5 atom stereocenters. The van der Waals surface area contributed by atoms with Crippen molar-refractivity contribution in [2.75, 3.05) is 27.2 Å². The van der Waals surface area contributed by atoms with Gasteiger partial charge in [0.25, 0.3) is 0 Å². The smallest absolute Gasteiger partial charge is 0.243 e. The Labute approximate surface area is 263 Å². The fourth-order valence-electron chi connectivity index (χ4n) is 5.89.